The van der Waals surface area contributed by atoms with Crippen molar-refractivity contribution < 1.29 is 4.42 Å². The van der Waals surface area contributed by atoms with E-state index < -0.39 is 0 Å². The van der Waals surface area contributed by atoms with E-state index in [1.807, 2.05) is 78.9 Å². The Labute approximate surface area is 323 Å². The molecule has 0 bridgehead atoms. The summed E-state index contributed by atoms with van der Waals surface area (Å²) in [5, 5.41) is 4.23. The van der Waals surface area contributed by atoms with Crippen molar-refractivity contribution in [2.45, 2.75) is 0 Å². The van der Waals surface area contributed by atoms with Gasteiger partial charge in [-0.1, -0.05) is 108 Å². The van der Waals surface area contributed by atoms with E-state index in [0.29, 0.717) is 34.2 Å². The second-order valence-corrected chi connectivity index (χ2v) is 13.5. The number of rotatable bonds is 5. The Bertz CT molecular complexity index is 3090. The lowest BCUT2D eigenvalue weighted by molar-refractivity contribution is 0.669. The molecule has 244 valence electrons. The first kappa shape index (κ1) is 33.1. The minimum atomic E-state index is 0.160. The number of para-hydroxylation sites is 2. The third-order valence-electron chi connectivity index (χ3n) is 10.3. The van der Waals surface area contributed by atoms with Gasteiger partial charge in [-0.3, -0.25) is 0 Å². The van der Waals surface area contributed by atoms with Crippen LogP contribution in [0.4, 0.5) is 0 Å². The van der Waals surface area contributed by atoms with Gasteiger partial charge in [0, 0.05) is 43.9 Å². The van der Waals surface area contributed by atoms with Crippen LogP contribution >= 0.6 is 0 Å². The van der Waals surface area contributed by atoms with Crippen molar-refractivity contribution in [2.75, 3.05) is 0 Å². The maximum absolute atomic E-state index is 6.47. The molecule has 10 heteroatoms. The lowest BCUT2D eigenvalue weighted by atomic mass is 9.59. The van der Waals surface area contributed by atoms with Crippen LogP contribution in [0.5, 0.6) is 0 Å². The normalized spacial score (nSPS) is 11.6. The van der Waals surface area contributed by atoms with Crippen LogP contribution in [-0.2, 0) is 0 Å². The minimum absolute atomic E-state index is 0.160. The van der Waals surface area contributed by atoms with Crippen molar-refractivity contribution in [1.29, 1.82) is 0 Å². The average molecular weight is 690 g/mol. The molecule has 0 unspecified atom stereocenters. The molecule has 5 nitrogen and oxygen atoms in total. The van der Waals surface area contributed by atoms with Gasteiger partial charge in [-0.2, -0.15) is 0 Å². The smallest absolute Gasteiger partial charge is 0.164 e. The lowest BCUT2D eigenvalue weighted by Crippen LogP contribution is -2.55. The van der Waals surface area contributed by atoms with Crippen LogP contribution in [0.3, 0.4) is 0 Å². The average Bonchev–Trinajstić information content (AvgIpc) is 3.78. The van der Waals surface area contributed by atoms with Gasteiger partial charge in [0.05, 0.1) is 11.0 Å². The molecule has 7 aromatic carbocycles. The highest BCUT2D eigenvalue weighted by Gasteiger charge is 2.20. The molecule has 0 saturated heterocycles. The van der Waals surface area contributed by atoms with Crippen LogP contribution in [0.15, 0.2) is 144 Å². The van der Waals surface area contributed by atoms with Crippen molar-refractivity contribution >= 4 is 110 Å². The van der Waals surface area contributed by atoms with Crippen LogP contribution in [-0.4, -0.2) is 58.8 Å². The SMILES string of the molecule is [B]c1c([B])c([B])c(-c2cccc(-c3nc(-c4ccccc4)nc(-c4cccc5oc6ccc(-n7c8ccccc8c8ccccc87)cc6c45)n3)c2)c([B])c1[B]. The zero-order valence-corrected chi connectivity index (χ0v) is 29.4. The zero-order valence-electron chi connectivity index (χ0n) is 29.4. The molecule has 55 heavy (non-hydrogen) atoms. The first-order chi connectivity index (χ1) is 26.9. The van der Waals surface area contributed by atoms with Gasteiger partial charge in [-0.25, -0.2) is 15.0 Å². The van der Waals surface area contributed by atoms with Gasteiger partial charge in [0.1, 0.15) is 50.4 Å². The highest BCUT2D eigenvalue weighted by molar-refractivity contribution is 6.68. The molecule has 10 rings (SSSR count). The molecular weight excluding hydrogens is 667 g/mol. The summed E-state index contributed by atoms with van der Waals surface area (Å²) in [6, 6.07) is 46.7. The molecule has 0 atom stereocenters. The van der Waals surface area contributed by atoms with E-state index in [1.54, 1.807) is 0 Å². The molecule has 3 heterocycles. The van der Waals surface area contributed by atoms with Crippen LogP contribution in [0.25, 0.3) is 94.7 Å². The van der Waals surface area contributed by atoms with E-state index >= 15 is 0 Å². The van der Waals surface area contributed by atoms with Gasteiger partial charge in [-0.05, 0) is 53.6 Å². The lowest BCUT2D eigenvalue weighted by Gasteiger charge is -2.21. The van der Waals surface area contributed by atoms with Crippen molar-refractivity contribution in [1.82, 2.24) is 19.5 Å². The van der Waals surface area contributed by atoms with Crippen LogP contribution in [0, 0.1) is 0 Å². The molecule has 3 aromatic heterocycles. The molecule has 0 amide bonds. The molecule has 0 N–H and O–H groups in total. The molecular formula is C45H23B5N4O. The van der Waals surface area contributed by atoms with Gasteiger partial charge in [0.15, 0.2) is 17.5 Å². The first-order valence-corrected chi connectivity index (χ1v) is 17.7. The standard InChI is InChI=1S/C45H23B5N4O/c46-38-36(39(47)41(49)42(50)40(38)48)25-12-8-13-26(22-25)44-51-43(24-10-2-1-3-11-24)52-45(53-44)30-16-9-19-35-37(30)31-23-27(20-21-34(31)55-35)54-32-17-6-4-14-28(32)29-15-5-7-18-33(29)54/h1-23H. The fraction of sp³-hybridized carbons (Fsp3) is 0. The molecule has 0 aliphatic heterocycles. The van der Waals surface area contributed by atoms with Gasteiger partial charge >= 0.3 is 0 Å². The second kappa shape index (κ2) is 12.8. The highest BCUT2D eigenvalue weighted by Crippen LogP contribution is 2.39. The van der Waals surface area contributed by atoms with Gasteiger partial charge in [-0.15, -0.1) is 16.4 Å². The Morgan fingerprint density at radius 2 is 0.982 bits per heavy atom. The van der Waals surface area contributed by atoms with Gasteiger partial charge < -0.3 is 8.98 Å². The summed E-state index contributed by atoms with van der Waals surface area (Å²) in [5.74, 6) is 1.46. The third kappa shape index (κ3) is 5.27. The largest absolute Gasteiger partial charge is 0.456 e. The van der Waals surface area contributed by atoms with E-state index in [-0.39, 0.29) is 27.3 Å². The quantitative estimate of drug-likeness (QED) is 0.224. The number of nitrogens with zero attached hydrogens (tertiary/aromatic N) is 4. The van der Waals surface area contributed by atoms with E-state index in [1.165, 1.54) is 10.8 Å². The van der Waals surface area contributed by atoms with Crippen molar-refractivity contribution in [3.63, 3.8) is 0 Å². The molecule has 0 fully saturated rings. The molecule has 0 spiro atoms. The summed E-state index contributed by atoms with van der Waals surface area (Å²) in [6.07, 6.45) is 0. The number of fused-ring (bicyclic) bond motifs is 6. The Kier molecular flexibility index (Phi) is 7.70. The fourth-order valence-corrected chi connectivity index (χ4v) is 7.66. The summed E-state index contributed by atoms with van der Waals surface area (Å²) < 4.78 is 8.77. The van der Waals surface area contributed by atoms with E-state index in [4.69, 9.17) is 58.6 Å². The van der Waals surface area contributed by atoms with Gasteiger partial charge in [0.2, 0.25) is 0 Å². The predicted octanol–water partition coefficient (Wildman–Crippen LogP) is 5.51. The van der Waals surface area contributed by atoms with Crippen LogP contribution in [0.1, 0.15) is 0 Å². The summed E-state index contributed by atoms with van der Waals surface area (Å²) in [5.41, 5.74) is 9.33. The number of furan rings is 1. The monoisotopic (exact) mass is 690 g/mol. The minimum Gasteiger partial charge on any atom is -0.456 e. The second-order valence-electron chi connectivity index (χ2n) is 13.5. The van der Waals surface area contributed by atoms with E-state index in [9.17, 15) is 0 Å². The molecule has 10 radical (unpaired) electrons. The first-order valence-electron chi connectivity index (χ1n) is 17.7. The van der Waals surface area contributed by atoms with Crippen LogP contribution in [0.2, 0.25) is 0 Å². The van der Waals surface area contributed by atoms with Crippen LogP contribution < -0.4 is 27.3 Å². The van der Waals surface area contributed by atoms with Crippen molar-refractivity contribution in [2.24, 2.45) is 0 Å². The Morgan fingerprint density at radius 1 is 0.418 bits per heavy atom. The van der Waals surface area contributed by atoms with Crippen molar-refractivity contribution in [3.8, 4) is 51.0 Å². The number of aromatic nitrogens is 4. The Hall–Kier alpha value is -6.53. The molecule has 10 aromatic rings. The highest BCUT2D eigenvalue weighted by atomic mass is 16.3. The van der Waals surface area contributed by atoms with Gasteiger partial charge in [0.25, 0.3) is 0 Å². The Morgan fingerprint density at radius 3 is 1.69 bits per heavy atom. The third-order valence-corrected chi connectivity index (χ3v) is 10.3. The van der Waals surface area contributed by atoms with E-state index in [2.05, 4.69) is 65.2 Å². The maximum atomic E-state index is 6.47. The number of hydrogen-bond acceptors (Lipinski definition) is 4. The summed E-state index contributed by atoms with van der Waals surface area (Å²) >= 11 is 0. The zero-order chi connectivity index (χ0) is 37.4. The van der Waals surface area contributed by atoms with E-state index in [0.717, 1.165) is 49.8 Å². The summed E-state index contributed by atoms with van der Waals surface area (Å²) in [7, 11) is 31.5. The number of benzene rings is 7. The molecule has 0 saturated carbocycles. The van der Waals surface area contributed by atoms with Crippen molar-refractivity contribution in [3.05, 3.63) is 140 Å². The number of hydrogen-bond donors (Lipinski definition) is 0. The fourth-order valence-electron chi connectivity index (χ4n) is 7.66. The maximum Gasteiger partial charge on any atom is 0.164 e. The summed E-state index contributed by atoms with van der Waals surface area (Å²) in [4.78, 5) is 15.2. The molecule has 0 aliphatic carbocycles. The topological polar surface area (TPSA) is 56.7 Å². The Balaban J connectivity index is 1.19. The predicted molar refractivity (Wildman–Crippen MR) is 230 cm³/mol. The summed E-state index contributed by atoms with van der Waals surface area (Å²) in [6.45, 7) is 0. The molecule has 0 aliphatic rings.